The lowest BCUT2D eigenvalue weighted by Gasteiger charge is -2.08. The number of nitrogens with one attached hydrogen (secondary N) is 3. The predicted octanol–water partition coefficient (Wildman–Crippen LogP) is 3.15. The number of hydrogen-bond donors (Lipinski definition) is 3. The van der Waals surface area contributed by atoms with Crippen LogP contribution in [0, 0.1) is 6.92 Å². The lowest BCUT2D eigenvalue weighted by atomic mass is 10.0. The number of carbonyl (C=O) groups excluding carboxylic acids is 2. The van der Waals surface area contributed by atoms with Crippen LogP contribution in [0.25, 0.3) is 28.0 Å². The number of benzene rings is 1. The summed E-state index contributed by atoms with van der Waals surface area (Å²) < 4.78 is 40.1. The molecule has 9 nitrogen and oxygen atoms in total. The number of anilines is 1. The molecule has 12 heteroatoms. The van der Waals surface area contributed by atoms with E-state index in [0.29, 0.717) is 28.1 Å². The highest BCUT2D eigenvalue weighted by Crippen LogP contribution is 2.33. The summed E-state index contributed by atoms with van der Waals surface area (Å²) in [5, 5.41) is 7.80. The number of nitrogens with zero attached hydrogens (tertiary/aromatic N) is 3. The molecule has 0 fully saturated rings. The van der Waals surface area contributed by atoms with E-state index in [0.717, 1.165) is 12.1 Å². The maximum absolute atomic E-state index is 12.9. The number of hydrogen-bond acceptors (Lipinski definition) is 5. The van der Waals surface area contributed by atoms with Gasteiger partial charge in [-0.15, -0.1) is 0 Å². The first-order valence-electron chi connectivity index (χ1n) is 10.3. The molecule has 3 N–H and O–H groups in total. The first-order valence-corrected chi connectivity index (χ1v) is 10.3. The van der Waals surface area contributed by atoms with Crippen LogP contribution in [0.1, 0.15) is 18.2 Å². The molecule has 4 rings (SSSR count). The average Bonchev–Trinajstić information content (AvgIpc) is 3.14. The van der Waals surface area contributed by atoms with Crippen LogP contribution < -0.4 is 16.2 Å². The Bertz CT molecular complexity index is 1470. The van der Waals surface area contributed by atoms with Gasteiger partial charge in [-0.1, -0.05) is 12.1 Å². The number of H-pyrrole nitrogens is 1. The number of halogens is 3. The van der Waals surface area contributed by atoms with Gasteiger partial charge in [0, 0.05) is 36.0 Å². The molecular weight excluding hydrogens is 465 g/mol. The predicted molar refractivity (Wildman–Crippen MR) is 122 cm³/mol. The highest BCUT2D eigenvalue weighted by molar-refractivity contribution is 5.93. The van der Waals surface area contributed by atoms with Crippen molar-refractivity contribution in [1.29, 1.82) is 0 Å². The lowest BCUT2D eigenvalue weighted by molar-refractivity contribution is -0.137. The van der Waals surface area contributed by atoms with Crippen LogP contribution in [-0.2, 0) is 15.8 Å². The Kier molecular flexibility index (Phi) is 6.12. The van der Waals surface area contributed by atoms with Crippen LogP contribution >= 0.6 is 0 Å². The van der Waals surface area contributed by atoms with E-state index in [-0.39, 0.29) is 23.9 Å². The number of fused-ring (bicyclic) bond motifs is 1. The molecule has 0 atom stereocenters. The number of amides is 2. The molecule has 1 aromatic carbocycles. The molecule has 35 heavy (non-hydrogen) atoms. The minimum Gasteiger partial charge on any atom is -0.347 e. The summed E-state index contributed by atoms with van der Waals surface area (Å²) in [6.45, 7) is 2.79. The third kappa shape index (κ3) is 5.05. The molecule has 2 amide bonds. The SMILES string of the molecule is CC(=O)NCC(=O)Nc1ccc(-c2cc(=O)n3[nH]c(C)c(-c4ccc(C(F)(F)F)cc4)c3n2)cn1. The summed E-state index contributed by atoms with van der Waals surface area (Å²) >= 11 is 0. The zero-order valence-electron chi connectivity index (χ0n) is 18.5. The topological polar surface area (TPSA) is 121 Å². The van der Waals surface area contributed by atoms with Crippen LogP contribution in [0.3, 0.4) is 0 Å². The van der Waals surface area contributed by atoms with Crippen molar-refractivity contribution in [2.45, 2.75) is 20.0 Å². The Balaban J connectivity index is 1.67. The summed E-state index contributed by atoms with van der Waals surface area (Å²) in [5.74, 6) is -0.557. The monoisotopic (exact) mass is 484 g/mol. The van der Waals surface area contributed by atoms with E-state index in [9.17, 15) is 27.6 Å². The van der Waals surface area contributed by atoms with E-state index in [4.69, 9.17) is 0 Å². The van der Waals surface area contributed by atoms with Gasteiger partial charge in [0.2, 0.25) is 11.8 Å². The van der Waals surface area contributed by atoms with Crippen molar-refractivity contribution >= 4 is 23.3 Å². The molecule has 0 unspecified atom stereocenters. The van der Waals surface area contributed by atoms with Crippen LogP contribution in [0.2, 0.25) is 0 Å². The molecule has 0 aliphatic heterocycles. The second kappa shape index (κ2) is 9.05. The Labute approximate surface area is 196 Å². The van der Waals surface area contributed by atoms with Crippen LogP contribution in [-0.4, -0.2) is 37.9 Å². The molecular formula is C23H19F3N6O3. The highest BCUT2D eigenvalue weighted by atomic mass is 19.4. The largest absolute Gasteiger partial charge is 0.416 e. The van der Waals surface area contributed by atoms with Gasteiger partial charge in [0.25, 0.3) is 5.56 Å². The number of pyridine rings is 1. The van der Waals surface area contributed by atoms with E-state index in [1.54, 1.807) is 13.0 Å². The summed E-state index contributed by atoms with van der Waals surface area (Å²) in [7, 11) is 0. The minimum atomic E-state index is -4.46. The van der Waals surface area contributed by atoms with Gasteiger partial charge in [0.15, 0.2) is 5.65 Å². The number of alkyl halides is 3. The molecule has 0 radical (unpaired) electrons. The van der Waals surface area contributed by atoms with Crippen molar-refractivity contribution < 1.29 is 22.8 Å². The van der Waals surface area contributed by atoms with E-state index < -0.39 is 23.2 Å². The molecule has 180 valence electrons. The molecule has 3 heterocycles. The standard InChI is InChI=1S/C23H19F3N6O3/c1-12-21(14-3-6-16(7-4-14)23(24,25)26)22-29-17(9-20(35)32(22)31-12)15-5-8-18(28-10-15)30-19(34)11-27-13(2)33/h3-10,31H,11H2,1-2H3,(H,27,33)(H,28,30,34). The third-order valence-electron chi connectivity index (χ3n) is 5.12. The smallest absolute Gasteiger partial charge is 0.347 e. The van der Waals surface area contributed by atoms with E-state index >= 15 is 0 Å². The molecule has 0 spiro atoms. The number of carbonyl (C=O) groups is 2. The van der Waals surface area contributed by atoms with Crippen molar-refractivity contribution in [3.05, 3.63) is 70.3 Å². The van der Waals surface area contributed by atoms with E-state index in [1.165, 1.54) is 41.9 Å². The summed E-state index contributed by atoms with van der Waals surface area (Å²) in [4.78, 5) is 44.1. The Morgan fingerprint density at radius 3 is 2.37 bits per heavy atom. The van der Waals surface area contributed by atoms with E-state index in [1.807, 2.05) is 0 Å². The number of rotatable bonds is 5. The van der Waals surface area contributed by atoms with Gasteiger partial charge in [0.05, 0.1) is 17.8 Å². The summed E-state index contributed by atoms with van der Waals surface area (Å²) in [6, 6.07) is 9.04. The number of aromatic nitrogens is 4. The van der Waals surface area contributed by atoms with Crippen molar-refractivity contribution in [1.82, 2.24) is 24.9 Å². The van der Waals surface area contributed by atoms with Gasteiger partial charge in [0.1, 0.15) is 5.82 Å². The van der Waals surface area contributed by atoms with Crippen molar-refractivity contribution in [2.75, 3.05) is 11.9 Å². The van der Waals surface area contributed by atoms with Gasteiger partial charge < -0.3 is 10.6 Å². The molecule has 0 aliphatic rings. The van der Waals surface area contributed by atoms with Crippen LogP contribution in [0.15, 0.2) is 53.5 Å². The van der Waals surface area contributed by atoms with Crippen molar-refractivity contribution in [2.24, 2.45) is 0 Å². The molecule has 4 aromatic rings. The zero-order valence-corrected chi connectivity index (χ0v) is 18.5. The first-order chi connectivity index (χ1) is 16.5. The summed E-state index contributed by atoms with van der Waals surface area (Å²) in [5.41, 5.74) is 1.35. The lowest BCUT2D eigenvalue weighted by Crippen LogP contribution is -2.31. The third-order valence-corrected chi connectivity index (χ3v) is 5.12. The van der Waals surface area contributed by atoms with Gasteiger partial charge >= 0.3 is 6.18 Å². The van der Waals surface area contributed by atoms with Crippen molar-refractivity contribution in [3.63, 3.8) is 0 Å². The number of aryl methyl sites for hydroxylation is 1. The quantitative estimate of drug-likeness (QED) is 0.402. The molecule has 0 aliphatic carbocycles. The van der Waals surface area contributed by atoms with Gasteiger partial charge in [-0.05, 0) is 36.8 Å². The molecule has 0 saturated carbocycles. The summed E-state index contributed by atoms with van der Waals surface area (Å²) in [6.07, 6.45) is -3.04. The average molecular weight is 484 g/mol. The maximum atomic E-state index is 12.9. The zero-order chi connectivity index (χ0) is 25.3. The number of aromatic amines is 1. The van der Waals surface area contributed by atoms with Crippen LogP contribution in [0.5, 0.6) is 0 Å². The fraction of sp³-hybridized carbons (Fsp3) is 0.174. The van der Waals surface area contributed by atoms with Crippen LogP contribution in [0.4, 0.5) is 19.0 Å². The maximum Gasteiger partial charge on any atom is 0.416 e. The second-order valence-electron chi connectivity index (χ2n) is 7.72. The molecule has 0 bridgehead atoms. The second-order valence-corrected chi connectivity index (χ2v) is 7.72. The van der Waals surface area contributed by atoms with Gasteiger partial charge in [-0.25, -0.2) is 14.5 Å². The fourth-order valence-electron chi connectivity index (χ4n) is 3.48. The first kappa shape index (κ1) is 23.7. The normalized spacial score (nSPS) is 11.5. The van der Waals surface area contributed by atoms with E-state index in [2.05, 4.69) is 25.7 Å². The highest BCUT2D eigenvalue weighted by Gasteiger charge is 2.30. The molecule has 0 saturated heterocycles. The minimum absolute atomic E-state index is 0.201. The van der Waals surface area contributed by atoms with Crippen molar-refractivity contribution in [3.8, 4) is 22.4 Å². The Morgan fingerprint density at radius 1 is 1.09 bits per heavy atom. The molecule has 3 aromatic heterocycles. The fourth-order valence-corrected chi connectivity index (χ4v) is 3.48. The van der Waals surface area contributed by atoms with Gasteiger partial charge in [-0.2, -0.15) is 13.2 Å². The Morgan fingerprint density at radius 2 is 1.77 bits per heavy atom. The van der Waals surface area contributed by atoms with Gasteiger partial charge in [-0.3, -0.25) is 19.5 Å². The Hall–Kier alpha value is -4.48.